The average Bonchev–Trinajstić information content (AvgIpc) is 2.48. The van der Waals surface area contributed by atoms with Gasteiger partial charge in [0.1, 0.15) is 0 Å². The first kappa shape index (κ1) is 14.9. The van der Waals surface area contributed by atoms with E-state index in [9.17, 15) is 14.9 Å². The Morgan fingerprint density at radius 2 is 1.86 bits per heavy atom. The summed E-state index contributed by atoms with van der Waals surface area (Å²) >= 11 is 3.20. The van der Waals surface area contributed by atoms with Gasteiger partial charge in [0, 0.05) is 17.8 Å². The summed E-state index contributed by atoms with van der Waals surface area (Å²) in [6.07, 6.45) is 1.67. The summed E-state index contributed by atoms with van der Waals surface area (Å²) in [5.74, 6) is -0.376. The molecule has 0 aliphatic heterocycles. The van der Waals surface area contributed by atoms with Crippen molar-refractivity contribution in [2.75, 3.05) is 5.32 Å². The molecule has 2 aromatic carbocycles. The third-order valence-corrected chi connectivity index (χ3v) is 3.21. The highest BCUT2D eigenvalue weighted by atomic mass is 79.9. The van der Waals surface area contributed by atoms with Crippen LogP contribution in [0.4, 0.5) is 11.4 Å². The fourth-order valence-electron chi connectivity index (χ4n) is 1.65. The van der Waals surface area contributed by atoms with Gasteiger partial charge in [-0.3, -0.25) is 14.9 Å². The molecule has 0 unspecified atom stereocenters. The van der Waals surface area contributed by atoms with Gasteiger partial charge in [0.25, 0.3) is 11.6 Å². The summed E-state index contributed by atoms with van der Waals surface area (Å²) < 4.78 is 0.334. The van der Waals surface area contributed by atoms with Gasteiger partial charge in [-0.1, -0.05) is 36.4 Å². The molecular formula is C15H11BrN2O3. The first-order valence-electron chi connectivity index (χ1n) is 6.04. The smallest absolute Gasteiger partial charge is 0.271 e. The SMILES string of the molecule is O=C(Nc1cccc([N+](=O)[O-])c1)/C(Br)=C\c1ccccc1. The highest BCUT2D eigenvalue weighted by Crippen LogP contribution is 2.19. The van der Waals surface area contributed by atoms with Crippen LogP contribution in [-0.4, -0.2) is 10.8 Å². The van der Waals surface area contributed by atoms with Crippen molar-refractivity contribution in [3.63, 3.8) is 0 Å². The lowest BCUT2D eigenvalue weighted by atomic mass is 10.2. The second kappa shape index (κ2) is 6.81. The quantitative estimate of drug-likeness (QED) is 0.517. The number of rotatable bonds is 4. The zero-order chi connectivity index (χ0) is 15.2. The Balaban J connectivity index is 2.12. The van der Waals surface area contributed by atoms with Crippen molar-refractivity contribution in [2.45, 2.75) is 0 Å². The van der Waals surface area contributed by atoms with Crippen LogP contribution in [0, 0.1) is 10.1 Å². The first-order valence-corrected chi connectivity index (χ1v) is 6.83. The van der Waals surface area contributed by atoms with Gasteiger partial charge in [-0.2, -0.15) is 0 Å². The lowest BCUT2D eigenvalue weighted by Crippen LogP contribution is -2.11. The average molecular weight is 347 g/mol. The Morgan fingerprint density at radius 1 is 1.14 bits per heavy atom. The Hall–Kier alpha value is -2.47. The summed E-state index contributed by atoms with van der Waals surface area (Å²) in [5.41, 5.74) is 1.17. The van der Waals surface area contributed by atoms with Crippen molar-refractivity contribution in [2.24, 2.45) is 0 Å². The lowest BCUT2D eigenvalue weighted by Gasteiger charge is -2.04. The highest BCUT2D eigenvalue weighted by molar-refractivity contribution is 9.12. The van der Waals surface area contributed by atoms with E-state index in [1.807, 2.05) is 30.3 Å². The van der Waals surface area contributed by atoms with Gasteiger partial charge < -0.3 is 5.32 Å². The fraction of sp³-hybridized carbons (Fsp3) is 0. The number of nitrogens with one attached hydrogen (secondary N) is 1. The number of hydrogen-bond donors (Lipinski definition) is 1. The topological polar surface area (TPSA) is 72.2 Å². The van der Waals surface area contributed by atoms with Gasteiger partial charge in [0.15, 0.2) is 0 Å². The number of nitro benzene ring substituents is 1. The molecule has 0 fully saturated rings. The highest BCUT2D eigenvalue weighted by Gasteiger charge is 2.10. The van der Waals surface area contributed by atoms with Gasteiger partial charge in [-0.25, -0.2) is 0 Å². The molecule has 1 amide bonds. The van der Waals surface area contributed by atoms with Crippen LogP contribution in [0.1, 0.15) is 5.56 Å². The second-order valence-corrected chi connectivity index (χ2v) is 5.02. The van der Waals surface area contributed by atoms with Crippen LogP contribution in [0.15, 0.2) is 59.1 Å². The second-order valence-electron chi connectivity index (χ2n) is 4.16. The molecule has 0 spiro atoms. The van der Waals surface area contributed by atoms with E-state index < -0.39 is 4.92 Å². The molecule has 0 bridgehead atoms. The van der Waals surface area contributed by atoms with Gasteiger partial charge in [0.05, 0.1) is 9.41 Å². The van der Waals surface area contributed by atoms with Crippen molar-refractivity contribution >= 4 is 39.3 Å². The van der Waals surface area contributed by atoms with Gasteiger partial charge in [-0.05, 0) is 33.6 Å². The minimum atomic E-state index is -0.509. The van der Waals surface area contributed by atoms with Gasteiger partial charge in [0.2, 0.25) is 0 Å². The van der Waals surface area contributed by atoms with E-state index in [1.165, 1.54) is 18.2 Å². The summed E-state index contributed by atoms with van der Waals surface area (Å²) in [6.45, 7) is 0. The zero-order valence-corrected chi connectivity index (χ0v) is 12.4. The Labute approximate surface area is 129 Å². The molecule has 6 heteroatoms. The molecule has 2 aromatic rings. The molecule has 0 heterocycles. The number of nitrogens with zero attached hydrogens (tertiary/aromatic N) is 1. The number of carbonyl (C=O) groups excluding carboxylic acids is 1. The van der Waals surface area contributed by atoms with Gasteiger partial charge in [-0.15, -0.1) is 0 Å². The summed E-state index contributed by atoms with van der Waals surface area (Å²) in [5, 5.41) is 13.3. The number of carbonyl (C=O) groups is 1. The number of halogens is 1. The maximum Gasteiger partial charge on any atom is 0.271 e. The van der Waals surface area contributed by atoms with E-state index >= 15 is 0 Å². The maximum atomic E-state index is 12.0. The fourth-order valence-corrected chi connectivity index (χ4v) is 2.01. The number of hydrogen-bond acceptors (Lipinski definition) is 3. The lowest BCUT2D eigenvalue weighted by molar-refractivity contribution is -0.384. The zero-order valence-electron chi connectivity index (χ0n) is 10.8. The van der Waals surface area contributed by atoms with Crippen LogP contribution in [-0.2, 0) is 4.79 Å². The van der Waals surface area contributed by atoms with Crippen molar-refractivity contribution in [1.29, 1.82) is 0 Å². The molecule has 21 heavy (non-hydrogen) atoms. The monoisotopic (exact) mass is 346 g/mol. The van der Waals surface area contributed by atoms with Crippen LogP contribution < -0.4 is 5.32 Å². The Morgan fingerprint density at radius 3 is 2.52 bits per heavy atom. The van der Waals surface area contributed by atoms with Crippen LogP contribution in [0.3, 0.4) is 0 Å². The van der Waals surface area contributed by atoms with Crippen LogP contribution >= 0.6 is 15.9 Å². The third-order valence-electron chi connectivity index (χ3n) is 2.62. The van der Waals surface area contributed by atoms with E-state index in [-0.39, 0.29) is 11.6 Å². The maximum absolute atomic E-state index is 12.0. The number of amides is 1. The van der Waals surface area contributed by atoms with Crippen molar-refractivity contribution in [3.8, 4) is 0 Å². The molecule has 0 aliphatic rings. The van der Waals surface area contributed by atoms with Crippen molar-refractivity contribution < 1.29 is 9.72 Å². The van der Waals surface area contributed by atoms with Crippen molar-refractivity contribution in [1.82, 2.24) is 0 Å². The van der Waals surface area contributed by atoms with Crippen LogP contribution in [0.2, 0.25) is 0 Å². The minimum absolute atomic E-state index is 0.0732. The molecule has 1 N–H and O–H groups in total. The van der Waals surface area contributed by atoms with E-state index in [0.29, 0.717) is 10.2 Å². The molecule has 0 saturated carbocycles. The van der Waals surface area contributed by atoms with E-state index in [4.69, 9.17) is 0 Å². The molecule has 0 atom stereocenters. The van der Waals surface area contributed by atoms with Crippen LogP contribution in [0.5, 0.6) is 0 Å². The molecule has 5 nitrogen and oxygen atoms in total. The van der Waals surface area contributed by atoms with E-state index in [1.54, 1.807) is 12.1 Å². The Bertz CT molecular complexity index is 699. The molecule has 106 valence electrons. The predicted octanol–water partition coefficient (Wildman–Crippen LogP) is 3.97. The predicted molar refractivity (Wildman–Crippen MR) is 85.1 cm³/mol. The Kier molecular flexibility index (Phi) is 4.84. The molecule has 0 aliphatic carbocycles. The largest absolute Gasteiger partial charge is 0.321 e. The first-order chi connectivity index (χ1) is 10.1. The summed E-state index contributed by atoms with van der Waals surface area (Å²) in [6, 6.07) is 15.1. The number of benzene rings is 2. The van der Waals surface area contributed by atoms with Crippen LogP contribution in [0.25, 0.3) is 6.08 Å². The number of non-ortho nitro benzene ring substituents is 1. The molecular weight excluding hydrogens is 336 g/mol. The molecule has 0 radical (unpaired) electrons. The molecule has 2 rings (SSSR count). The third kappa shape index (κ3) is 4.25. The molecule has 0 saturated heterocycles. The normalized spacial score (nSPS) is 11.0. The summed E-state index contributed by atoms with van der Waals surface area (Å²) in [4.78, 5) is 22.2. The summed E-state index contributed by atoms with van der Waals surface area (Å²) in [7, 11) is 0. The number of anilines is 1. The minimum Gasteiger partial charge on any atom is -0.321 e. The standard InChI is InChI=1S/C15H11BrN2O3/c16-14(9-11-5-2-1-3-6-11)15(19)17-12-7-4-8-13(10-12)18(20)21/h1-10H,(H,17,19)/b14-9+. The number of nitro groups is 1. The van der Waals surface area contributed by atoms with Gasteiger partial charge >= 0.3 is 0 Å². The van der Waals surface area contributed by atoms with Crippen molar-refractivity contribution in [3.05, 3.63) is 74.8 Å². The van der Waals surface area contributed by atoms with E-state index in [0.717, 1.165) is 5.56 Å². The molecule has 0 aromatic heterocycles. The van der Waals surface area contributed by atoms with E-state index in [2.05, 4.69) is 21.2 Å².